The molecule has 0 aromatic carbocycles. The number of aliphatic carboxylic acids is 1. The van der Waals surface area contributed by atoms with E-state index in [-0.39, 0.29) is 46.5 Å². The third kappa shape index (κ3) is 8.89. The minimum absolute atomic E-state index is 0. The van der Waals surface area contributed by atoms with Crippen molar-refractivity contribution in [3.05, 3.63) is 0 Å². The van der Waals surface area contributed by atoms with Gasteiger partial charge in [-0.05, 0) is 0 Å². The quantitative estimate of drug-likeness (QED) is 0.412. The Hall–Kier alpha value is 1.02. The zero-order chi connectivity index (χ0) is 4.28. The second kappa shape index (κ2) is 6.02. The molecule has 0 spiro atoms. The van der Waals surface area contributed by atoms with E-state index in [1.54, 1.807) is 0 Å². The maximum absolute atomic E-state index is 9.24. The fourth-order valence-electron chi connectivity index (χ4n) is 0. The van der Waals surface area contributed by atoms with Crippen LogP contribution in [0.2, 0.25) is 0 Å². The predicted octanol–water partition coefficient (Wildman–Crippen LogP) is 0.154. The Morgan fingerprint density at radius 3 is 2.17 bits per heavy atom. The van der Waals surface area contributed by atoms with Gasteiger partial charge in [-0.15, -0.1) is 11.6 Å². The van der Waals surface area contributed by atoms with Gasteiger partial charge in [0.15, 0.2) is 0 Å². The van der Waals surface area contributed by atoms with Crippen molar-refractivity contribution in [3.8, 4) is 0 Å². The summed E-state index contributed by atoms with van der Waals surface area (Å²) in [5.74, 6) is -1.29. The second-order valence-corrected chi connectivity index (χ2v) is 0.795. The van der Waals surface area contributed by atoms with Gasteiger partial charge in [-0.2, -0.15) is 0 Å². The van der Waals surface area contributed by atoms with Gasteiger partial charge in [0.2, 0.25) is 0 Å². The molecule has 0 bridgehead atoms. The first-order valence-electron chi connectivity index (χ1n) is 1.05. The summed E-state index contributed by atoms with van der Waals surface area (Å²) in [6.07, 6.45) is 0. The fourth-order valence-corrected chi connectivity index (χ4v) is 0. The van der Waals surface area contributed by atoms with Crippen molar-refractivity contribution >= 4 is 55.3 Å². The average molecular weight is 137 g/mol. The van der Waals surface area contributed by atoms with Gasteiger partial charge < -0.3 is 7.96 Å². The summed E-state index contributed by atoms with van der Waals surface area (Å²) in [7, 11) is 0. The van der Waals surface area contributed by atoms with E-state index in [0.717, 1.165) is 0 Å². The van der Waals surface area contributed by atoms with E-state index in [1.807, 2.05) is 0 Å². The van der Waals surface area contributed by atoms with Crippen molar-refractivity contribution in [3.63, 3.8) is 0 Å². The Bertz CT molecular complexity index is 53.3. The van der Waals surface area contributed by atoms with E-state index < -0.39 is 5.97 Å². The molecule has 0 aromatic heterocycles. The van der Waals surface area contributed by atoms with Crippen LogP contribution in [-0.2, 0) is 4.79 Å². The molecule has 0 heterocycles. The van der Waals surface area contributed by atoms with Crippen molar-refractivity contribution < 1.29 is 12.8 Å². The number of carboxylic acid groups (broad SMARTS) is 1. The van der Waals surface area contributed by atoms with Crippen LogP contribution in [0.1, 0.15) is 2.85 Å². The van der Waals surface area contributed by atoms with Crippen LogP contribution in [0.4, 0.5) is 0 Å². The van der Waals surface area contributed by atoms with Crippen LogP contribution in [-0.4, -0.2) is 54.7 Å². The second-order valence-electron chi connectivity index (χ2n) is 0.527. The van der Waals surface area contributed by atoms with Gasteiger partial charge >= 0.3 is 43.7 Å². The number of halogens is 1. The van der Waals surface area contributed by atoms with Crippen LogP contribution in [0.3, 0.4) is 0 Å². The number of carbonyl (C=O) groups is 1. The molecule has 2 nitrogen and oxygen atoms in total. The molecule has 0 fully saturated rings. The zero-order valence-corrected chi connectivity index (χ0v) is 6.11. The molecule has 1 N–H and O–H groups in total. The van der Waals surface area contributed by atoms with Crippen LogP contribution in [0.25, 0.3) is 0 Å². The molecule has 0 saturated heterocycles. The third-order valence-corrected chi connectivity index (χ3v) is 0.343. The normalized spacial score (nSPS) is 6.17. The van der Waals surface area contributed by atoms with Crippen LogP contribution >= 0.6 is 11.6 Å². The Labute approximate surface area is 73.4 Å². The summed E-state index contributed by atoms with van der Waals surface area (Å²) in [6, 6.07) is 0. The van der Waals surface area contributed by atoms with Gasteiger partial charge in [-0.1, -0.05) is 0 Å². The molecule has 0 aromatic rings. The molecule has 0 unspecified atom stereocenters. The molecule has 0 amide bonds. The van der Waals surface area contributed by atoms with Crippen molar-refractivity contribution in [2.75, 3.05) is 5.88 Å². The number of carboxylic acids is 1. The van der Waals surface area contributed by atoms with Crippen LogP contribution in [0.5, 0.6) is 0 Å². The molecule has 4 heteroatoms. The number of hydrogen-bond donors (Lipinski definition) is 1. The molecule has 0 aliphatic rings. The predicted molar refractivity (Wildman–Crippen MR) is 26.3 cm³/mol. The molecule has 0 atom stereocenters. The molecular formula is C2H5CaClO2. The maximum Gasteiger partial charge on any atom is 2.00 e. The van der Waals surface area contributed by atoms with Gasteiger partial charge in [0.25, 0.3) is 0 Å². The Kier molecular flexibility index (Phi) is 10.1. The van der Waals surface area contributed by atoms with Gasteiger partial charge in [0.1, 0.15) is 5.88 Å². The van der Waals surface area contributed by atoms with Crippen LogP contribution in [0, 0.1) is 0 Å². The van der Waals surface area contributed by atoms with E-state index >= 15 is 0 Å². The fraction of sp³-hybridized carbons (Fsp3) is 0.500. The molecule has 0 rings (SSSR count). The van der Waals surface area contributed by atoms with E-state index in [9.17, 15) is 4.79 Å². The Balaban J connectivity index is -0.0000000267. The first kappa shape index (κ1) is 10.1. The first-order chi connectivity index (χ1) is 2.27. The van der Waals surface area contributed by atoms with E-state index in [0.29, 0.717) is 0 Å². The van der Waals surface area contributed by atoms with Gasteiger partial charge in [0.05, 0.1) is 0 Å². The van der Waals surface area contributed by atoms with E-state index in [4.69, 9.17) is 16.7 Å². The summed E-state index contributed by atoms with van der Waals surface area (Å²) in [4.78, 5) is 9.24. The molecule has 0 saturated carbocycles. The minimum Gasteiger partial charge on any atom is -1.00 e. The third-order valence-electron chi connectivity index (χ3n) is 0.114. The molecule has 0 aliphatic heterocycles. The number of alkyl halides is 1. The van der Waals surface area contributed by atoms with Crippen molar-refractivity contribution in [1.82, 2.24) is 0 Å². The van der Waals surface area contributed by atoms with Crippen LogP contribution in [0.15, 0.2) is 0 Å². The summed E-state index contributed by atoms with van der Waals surface area (Å²) in [6.45, 7) is 0. The molecule has 6 heavy (non-hydrogen) atoms. The standard InChI is InChI=1S/C2H3ClO2.Ca.2H/c3-1-2(4)5;;;/h1H2,(H,4,5);;;/q;+2;2*-1. The van der Waals surface area contributed by atoms with E-state index in [2.05, 4.69) is 0 Å². The molecular weight excluding hydrogens is 132 g/mol. The minimum atomic E-state index is -0.980. The van der Waals surface area contributed by atoms with Gasteiger partial charge in [-0.25, -0.2) is 0 Å². The summed E-state index contributed by atoms with van der Waals surface area (Å²) < 4.78 is 0. The van der Waals surface area contributed by atoms with Crippen LogP contribution < -0.4 is 0 Å². The average Bonchev–Trinajstić information content (AvgIpc) is 1.38. The monoisotopic (exact) mass is 136 g/mol. The SMILES string of the molecule is O=C(O)CCl.[Ca+2].[H-].[H-]. The summed E-state index contributed by atoms with van der Waals surface area (Å²) >= 11 is 4.74. The summed E-state index contributed by atoms with van der Waals surface area (Å²) in [5, 5.41) is 7.59. The van der Waals surface area contributed by atoms with E-state index in [1.165, 1.54) is 0 Å². The maximum atomic E-state index is 9.24. The van der Waals surface area contributed by atoms with Gasteiger partial charge in [0, 0.05) is 0 Å². The smallest absolute Gasteiger partial charge is 1.00 e. The Morgan fingerprint density at radius 2 is 2.17 bits per heavy atom. The summed E-state index contributed by atoms with van der Waals surface area (Å²) in [5.41, 5.74) is 0. The topological polar surface area (TPSA) is 37.3 Å². The van der Waals surface area contributed by atoms with Gasteiger partial charge in [-0.3, -0.25) is 4.79 Å². The Morgan fingerprint density at radius 1 is 2.00 bits per heavy atom. The first-order valence-corrected chi connectivity index (χ1v) is 1.58. The molecule has 34 valence electrons. The van der Waals surface area contributed by atoms with Crippen molar-refractivity contribution in [1.29, 1.82) is 0 Å². The molecule has 0 radical (unpaired) electrons. The largest absolute Gasteiger partial charge is 2.00 e. The molecule has 0 aliphatic carbocycles. The number of rotatable bonds is 1. The zero-order valence-electron chi connectivity index (χ0n) is 5.15. The number of hydrogen-bond acceptors (Lipinski definition) is 1. The van der Waals surface area contributed by atoms with Crippen molar-refractivity contribution in [2.45, 2.75) is 0 Å². The van der Waals surface area contributed by atoms with Crippen molar-refractivity contribution in [2.24, 2.45) is 0 Å².